The summed E-state index contributed by atoms with van der Waals surface area (Å²) in [6.45, 7) is 3.60. The van der Waals surface area contributed by atoms with Crippen LogP contribution >= 0.6 is 0 Å². The minimum absolute atomic E-state index is 0.216. The van der Waals surface area contributed by atoms with Gasteiger partial charge in [-0.3, -0.25) is 4.79 Å². The summed E-state index contributed by atoms with van der Waals surface area (Å²) < 4.78 is 7.31. The number of benzene rings is 1. The van der Waals surface area contributed by atoms with Crippen molar-refractivity contribution >= 4 is 11.9 Å². The molecule has 1 saturated carbocycles. The van der Waals surface area contributed by atoms with E-state index < -0.39 is 12.1 Å². The molecule has 3 rings (SSSR count). The van der Waals surface area contributed by atoms with Gasteiger partial charge in [-0.15, -0.1) is 0 Å². The molecule has 0 bridgehead atoms. The van der Waals surface area contributed by atoms with Crippen LogP contribution in [-0.2, 0) is 9.53 Å². The third-order valence-electron chi connectivity index (χ3n) is 4.68. The van der Waals surface area contributed by atoms with Gasteiger partial charge < -0.3 is 14.6 Å². The summed E-state index contributed by atoms with van der Waals surface area (Å²) >= 11 is 0. The van der Waals surface area contributed by atoms with Crippen LogP contribution in [0.1, 0.15) is 48.5 Å². The number of nitrogens with one attached hydrogen (secondary N) is 1. The molecule has 2 aromatic rings. The Bertz CT molecular complexity index is 746. The molecule has 1 amide bonds. The van der Waals surface area contributed by atoms with Gasteiger partial charge in [-0.2, -0.15) is 0 Å². The van der Waals surface area contributed by atoms with Crippen molar-refractivity contribution < 1.29 is 14.3 Å². The quantitative estimate of drug-likeness (QED) is 0.849. The molecule has 132 valence electrons. The molecule has 1 aromatic heterocycles. The van der Waals surface area contributed by atoms with E-state index in [2.05, 4.69) is 5.32 Å². The average Bonchev–Trinajstić information content (AvgIpc) is 3.28. The zero-order valence-corrected chi connectivity index (χ0v) is 14.7. The van der Waals surface area contributed by atoms with E-state index in [0.717, 1.165) is 36.9 Å². The predicted octanol–water partition coefficient (Wildman–Crippen LogP) is 3.39. The number of esters is 1. The van der Waals surface area contributed by atoms with Gasteiger partial charge in [0.25, 0.3) is 5.91 Å². The highest BCUT2D eigenvalue weighted by atomic mass is 16.5. The Kier molecular flexibility index (Phi) is 5.22. The Labute approximate surface area is 148 Å². The zero-order valence-electron chi connectivity index (χ0n) is 14.7. The van der Waals surface area contributed by atoms with Gasteiger partial charge in [0.1, 0.15) is 0 Å². The van der Waals surface area contributed by atoms with Crippen LogP contribution in [0.4, 0.5) is 0 Å². The fourth-order valence-corrected chi connectivity index (χ4v) is 3.18. The number of hydrogen-bond acceptors (Lipinski definition) is 3. The van der Waals surface area contributed by atoms with Crippen molar-refractivity contribution in [2.45, 2.75) is 51.7 Å². The van der Waals surface area contributed by atoms with Crippen LogP contribution in [0, 0.1) is 6.92 Å². The van der Waals surface area contributed by atoms with E-state index in [1.54, 1.807) is 19.1 Å². The van der Waals surface area contributed by atoms with Crippen LogP contribution < -0.4 is 5.32 Å². The molecule has 1 fully saturated rings. The minimum Gasteiger partial charge on any atom is -0.449 e. The second kappa shape index (κ2) is 7.55. The second-order valence-corrected chi connectivity index (χ2v) is 6.63. The Morgan fingerprint density at radius 2 is 1.88 bits per heavy atom. The first kappa shape index (κ1) is 17.3. The maximum atomic E-state index is 12.4. The molecule has 0 saturated heterocycles. The predicted molar refractivity (Wildman–Crippen MR) is 95.8 cm³/mol. The van der Waals surface area contributed by atoms with Crippen molar-refractivity contribution in [3.63, 3.8) is 0 Å². The molecule has 1 heterocycles. The molecule has 0 aliphatic heterocycles. The first-order valence-electron chi connectivity index (χ1n) is 8.80. The minimum atomic E-state index is -0.801. The summed E-state index contributed by atoms with van der Waals surface area (Å²) in [5, 5.41) is 2.96. The smallest absolute Gasteiger partial charge is 0.338 e. The van der Waals surface area contributed by atoms with Crippen molar-refractivity contribution in [2.75, 3.05) is 0 Å². The normalized spacial score (nSPS) is 15.8. The topological polar surface area (TPSA) is 60.3 Å². The summed E-state index contributed by atoms with van der Waals surface area (Å²) in [4.78, 5) is 24.6. The lowest BCUT2D eigenvalue weighted by Gasteiger charge is -2.17. The van der Waals surface area contributed by atoms with E-state index in [4.69, 9.17) is 4.74 Å². The van der Waals surface area contributed by atoms with E-state index in [-0.39, 0.29) is 11.9 Å². The van der Waals surface area contributed by atoms with Crippen LogP contribution in [0.2, 0.25) is 0 Å². The SMILES string of the molecule is Cc1ccc(C(=O)OC(C)C(=O)NC2CCCC2)cc1-n1cccc1. The van der Waals surface area contributed by atoms with Crippen LogP contribution in [0.15, 0.2) is 42.7 Å². The van der Waals surface area contributed by atoms with Crippen molar-refractivity contribution in [1.82, 2.24) is 9.88 Å². The number of rotatable bonds is 5. The molecule has 1 atom stereocenters. The Hall–Kier alpha value is -2.56. The molecule has 1 N–H and O–H groups in total. The lowest BCUT2D eigenvalue weighted by Crippen LogP contribution is -2.40. The van der Waals surface area contributed by atoms with Crippen molar-refractivity contribution in [3.8, 4) is 5.69 Å². The number of carbonyl (C=O) groups excluding carboxylic acids is 2. The van der Waals surface area contributed by atoms with E-state index in [0.29, 0.717) is 5.56 Å². The van der Waals surface area contributed by atoms with Gasteiger partial charge in [0, 0.05) is 24.1 Å². The Morgan fingerprint density at radius 3 is 2.56 bits per heavy atom. The number of ether oxygens (including phenoxy) is 1. The van der Waals surface area contributed by atoms with Gasteiger partial charge in [0.2, 0.25) is 0 Å². The average molecular weight is 340 g/mol. The van der Waals surface area contributed by atoms with E-state index in [1.165, 1.54) is 0 Å². The number of nitrogens with zero attached hydrogens (tertiary/aromatic N) is 1. The van der Waals surface area contributed by atoms with Crippen molar-refractivity contribution in [1.29, 1.82) is 0 Å². The maximum absolute atomic E-state index is 12.4. The highest BCUT2D eigenvalue weighted by Crippen LogP contribution is 2.19. The number of hydrogen-bond donors (Lipinski definition) is 1. The summed E-state index contributed by atoms with van der Waals surface area (Å²) in [5.74, 6) is -0.708. The molecule has 1 aromatic carbocycles. The highest BCUT2D eigenvalue weighted by Gasteiger charge is 2.23. The Morgan fingerprint density at radius 1 is 1.20 bits per heavy atom. The molecule has 0 radical (unpaired) electrons. The van der Waals surface area contributed by atoms with Crippen molar-refractivity contribution in [2.24, 2.45) is 0 Å². The molecule has 1 unspecified atom stereocenters. The third kappa shape index (κ3) is 4.10. The molecule has 25 heavy (non-hydrogen) atoms. The highest BCUT2D eigenvalue weighted by molar-refractivity contribution is 5.93. The van der Waals surface area contributed by atoms with Crippen LogP contribution in [0.5, 0.6) is 0 Å². The van der Waals surface area contributed by atoms with Gasteiger partial charge in [-0.1, -0.05) is 18.9 Å². The number of amides is 1. The largest absolute Gasteiger partial charge is 0.449 e. The monoisotopic (exact) mass is 340 g/mol. The third-order valence-corrected chi connectivity index (χ3v) is 4.68. The maximum Gasteiger partial charge on any atom is 0.338 e. The van der Waals surface area contributed by atoms with Gasteiger partial charge in [0.15, 0.2) is 6.10 Å². The first-order valence-corrected chi connectivity index (χ1v) is 8.80. The van der Waals surface area contributed by atoms with Crippen LogP contribution in [-0.4, -0.2) is 28.6 Å². The zero-order chi connectivity index (χ0) is 17.8. The van der Waals surface area contributed by atoms with Gasteiger partial charge in [-0.05, 0) is 56.5 Å². The number of aryl methyl sites for hydroxylation is 1. The number of carbonyl (C=O) groups is 2. The molecule has 5 nitrogen and oxygen atoms in total. The summed E-state index contributed by atoms with van der Waals surface area (Å²) in [7, 11) is 0. The summed E-state index contributed by atoms with van der Waals surface area (Å²) in [6.07, 6.45) is 7.35. The fraction of sp³-hybridized carbons (Fsp3) is 0.400. The van der Waals surface area contributed by atoms with Crippen molar-refractivity contribution in [3.05, 3.63) is 53.9 Å². The summed E-state index contributed by atoms with van der Waals surface area (Å²) in [5.41, 5.74) is 2.41. The fourth-order valence-electron chi connectivity index (χ4n) is 3.18. The molecular weight excluding hydrogens is 316 g/mol. The van der Waals surface area contributed by atoms with Gasteiger partial charge >= 0.3 is 5.97 Å². The Balaban J connectivity index is 1.66. The van der Waals surface area contributed by atoms with Gasteiger partial charge in [-0.25, -0.2) is 4.79 Å². The summed E-state index contributed by atoms with van der Waals surface area (Å²) in [6, 6.07) is 9.48. The lowest BCUT2D eigenvalue weighted by atomic mass is 10.1. The second-order valence-electron chi connectivity index (χ2n) is 6.63. The molecule has 5 heteroatoms. The van der Waals surface area contributed by atoms with E-state index in [1.807, 2.05) is 42.1 Å². The molecule has 1 aliphatic carbocycles. The molecule has 1 aliphatic rings. The number of aromatic nitrogens is 1. The van der Waals surface area contributed by atoms with E-state index in [9.17, 15) is 9.59 Å². The van der Waals surface area contributed by atoms with Crippen LogP contribution in [0.25, 0.3) is 5.69 Å². The van der Waals surface area contributed by atoms with E-state index >= 15 is 0 Å². The standard InChI is InChI=1S/C20H24N2O3/c1-14-9-10-16(13-18(14)22-11-5-6-12-22)20(24)25-15(2)19(23)21-17-7-3-4-8-17/h5-6,9-13,15,17H,3-4,7-8H2,1-2H3,(H,21,23). The molecule has 0 spiro atoms. The van der Waals surface area contributed by atoms with Gasteiger partial charge in [0.05, 0.1) is 5.56 Å². The van der Waals surface area contributed by atoms with Crippen LogP contribution in [0.3, 0.4) is 0 Å². The first-order chi connectivity index (χ1) is 12.0. The molecular formula is C20H24N2O3. The lowest BCUT2D eigenvalue weighted by molar-refractivity contribution is -0.129.